The highest BCUT2D eigenvalue weighted by molar-refractivity contribution is 6.32. The minimum absolute atomic E-state index is 0.213. The van der Waals surface area contributed by atoms with Gasteiger partial charge in [0.25, 0.3) is 5.91 Å². The lowest BCUT2D eigenvalue weighted by Crippen LogP contribution is -2.42. The molecule has 1 aliphatic rings. The van der Waals surface area contributed by atoms with Crippen LogP contribution in [0, 0.1) is 5.92 Å². The monoisotopic (exact) mass is 383 g/mol. The molecule has 1 aromatic carbocycles. The summed E-state index contributed by atoms with van der Waals surface area (Å²) in [6.07, 6.45) is 3.16. The number of carboxylic acids is 1. The van der Waals surface area contributed by atoms with Gasteiger partial charge in [0, 0.05) is 18.7 Å². The zero-order valence-electron chi connectivity index (χ0n) is 15.3. The Hall–Kier alpha value is -1.95. The number of carboxylic acid groups (broad SMARTS) is 1. The number of hydrogen-bond donors (Lipinski definition) is 1. The molecule has 7 heteroatoms. The van der Waals surface area contributed by atoms with E-state index in [0.29, 0.717) is 54.7 Å². The largest absolute Gasteiger partial charge is 0.490 e. The van der Waals surface area contributed by atoms with Gasteiger partial charge in [-0.1, -0.05) is 24.9 Å². The molecule has 1 fully saturated rings. The molecule has 0 bridgehead atoms. The fraction of sp³-hybridized carbons (Fsp3) is 0.579. The van der Waals surface area contributed by atoms with Gasteiger partial charge in [0.1, 0.15) is 0 Å². The van der Waals surface area contributed by atoms with E-state index in [4.69, 9.17) is 21.1 Å². The number of rotatable bonds is 8. The van der Waals surface area contributed by atoms with Crippen molar-refractivity contribution in [2.24, 2.45) is 5.92 Å². The van der Waals surface area contributed by atoms with E-state index in [9.17, 15) is 14.7 Å². The molecule has 0 radical (unpaired) electrons. The van der Waals surface area contributed by atoms with Gasteiger partial charge in [-0.05, 0) is 38.3 Å². The summed E-state index contributed by atoms with van der Waals surface area (Å²) in [6.45, 7) is 5.61. The third-order valence-corrected chi connectivity index (χ3v) is 4.64. The average Bonchev–Trinajstić information content (AvgIpc) is 2.63. The van der Waals surface area contributed by atoms with Gasteiger partial charge in [0.05, 0.1) is 24.2 Å². The first kappa shape index (κ1) is 20.4. The highest BCUT2D eigenvalue weighted by atomic mass is 35.5. The van der Waals surface area contributed by atoms with Crippen LogP contribution in [-0.4, -0.2) is 48.2 Å². The van der Waals surface area contributed by atoms with E-state index in [1.807, 2.05) is 6.92 Å². The van der Waals surface area contributed by atoms with Gasteiger partial charge in [-0.15, -0.1) is 0 Å². The molecule has 1 heterocycles. The van der Waals surface area contributed by atoms with Crippen molar-refractivity contribution in [3.8, 4) is 11.5 Å². The average molecular weight is 384 g/mol. The number of benzene rings is 1. The molecule has 0 unspecified atom stereocenters. The number of amides is 1. The molecule has 0 spiro atoms. The van der Waals surface area contributed by atoms with Crippen LogP contribution in [0.1, 0.15) is 49.9 Å². The minimum atomic E-state index is -0.866. The predicted octanol–water partition coefficient (Wildman–Crippen LogP) is 3.85. The Bertz CT molecular complexity index is 649. The van der Waals surface area contributed by atoms with Crippen molar-refractivity contribution in [1.29, 1.82) is 0 Å². The number of carbonyl (C=O) groups excluding carboxylic acids is 1. The summed E-state index contributed by atoms with van der Waals surface area (Å²) in [4.78, 5) is 25.6. The van der Waals surface area contributed by atoms with Crippen molar-refractivity contribution in [3.63, 3.8) is 0 Å². The summed E-state index contributed by atoms with van der Waals surface area (Å²) >= 11 is 6.34. The van der Waals surface area contributed by atoms with Crippen LogP contribution < -0.4 is 9.47 Å². The number of likely N-dealkylation sites (tertiary alicyclic amines) is 1. The molecule has 0 aliphatic carbocycles. The van der Waals surface area contributed by atoms with Crippen LogP contribution >= 0.6 is 11.6 Å². The van der Waals surface area contributed by atoms with Crippen molar-refractivity contribution < 1.29 is 24.2 Å². The third kappa shape index (κ3) is 5.04. The maximum atomic E-state index is 12.8. The Morgan fingerprint density at radius 2 is 2.08 bits per heavy atom. The van der Waals surface area contributed by atoms with E-state index in [1.165, 1.54) is 0 Å². The first-order valence-corrected chi connectivity index (χ1v) is 9.46. The summed E-state index contributed by atoms with van der Waals surface area (Å²) in [7, 11) is 0. The quantitative estimate of drug-likeness (QED) is 0.690. The SMILES string of the molecule is CCCCOc1c(Cl)cc(C(=O)N2CCC[C@H](C(=O)O)C2)cc1OCC. The van der Waals surface area contributed by atoms with E-state index in [0.717, 1.165) is 12.8 Å². The molecule has 2 rings (SSSR count). The number of unbranched alkanes of at least 4 members (excludes halogenated alkanes) is 1. The van der Waals surface area contributed by atoms with E-state index < -0.39 is 11.9 Å². The number of halogens is 1. The number of carbonyl (C=O) groups is 2. The Morgan fingerprint density at radius 1 is 1.31 bits per heavy atom. The molecule has 1 aromatic rings. The van der Waals surface area contributed by atoms with Crippen molar-refractivity contribution >= 4 is 23.5 Å². The number of piperidine rings is 1. The van der Waals surface area contributed by atoms with Crippen LogP contribution in [0.15, 0.2) is 12.1 Å². The topological polar surface area (TPSA) is 76.1 Å². The summed E-state index contributed by atoms with van der Waals surface area (Å²) in [6, 6.07) is 3.20. The number of aliphatic carboxylic acids is 1. The summed E-state index contributed by atoms with van der Waals surface area (Å²) in [5, 5.41) is 9.53. The normalized spacial score (nSPS) is 17.0. The molecular weight excluding hydrogens is 358 g/mol. The Kier molecular flexibility index (Phi) is 7.57. The standard InChI is InChI=1S/C19H26ClNO5/c1-3-5-9-26-17-15(20)10-14(11-16(17)25-4-2)18(22)21-8-6-7-13(12-21)19(23)24/h10-11,13H,3-9,12H2,1-2H3,(H,23,24)/t13-/m0/s1. The van der Waals surface area contributed by atoms with Crippen LogP contribution in [0.4, 0.5) is 0 Å². The van der Waals surface area contributed by atoms with Gasteiger partial charge >= 0.3 is 5.97 Å². The molecule has 0 saturated carbocycles. The molecule has 1 saturated heterocycles. The third-order valence-electron chi connectivity index (χ3n) is 4.36. The molecule has 6 nitrogen and oxygen atoms in total. The minimum Gasteiger partial charge on any atom is -0.490 e. The second-order valence-electron chi connectivity index (χ2n) is 6.35. The smallest absolute Gasteiger partial charge is 0.308 e. The van der Waals surface area contributed by atoms with Gasteiger partial charge in [-0.25, -0.2) is 0 Å². The van der Waals surface area contributed by atoms with Gasteiger partial charge < -0.3 is 19.5 Å². The van der Waals surface area contributed by atoms with Gasteiger partial charge in [0.15, 0.2) is 11.5 Å². The molecular formula is C19H26ClNO5. The van der Waals surface area contributed by atoms with Crippen molar-refractivity contribution in [2.75, 3.05) is 26.3 Å². The highest BCUT2D eigenvalue weighted by Crippen LogP contribution is 2.37. The van der Waals surface area contributed by atoms with Crippen LogP contribution in [0.5, 0.6) is 11.5 Å². The van der Waals surface area contributed by atoms with Crippen molar-refractivity contribution in [3.05, 3.63) is 22.7 Å². The van der Waals surface area contributed by atoms with E-state index in [2.05, 4.69) is 6.92 Å². The molecule has 26 heavy (non-hydrogen) atoms. The predicted molar refractivity (Wildman–Crippen MR) is 99.3 cm³/mol. The van der Waals surface area contributed by atoms with Crippen LogP contribution in [0.2, 0.25) is 5.02 Å². The highest BCUT2D eigenvalue weighted by Gasteiger charge is 2.29. The lowest BCUT2D eigenvalue weighted by molar-refractivity contribution is -0.143. The van der Waals surface area contributed by atoms with Gasteiger partial charge in [0.2, 0.25) is 0 Å². The van der Waals surface area contributed by atoms with E-state index in [1.54, 1.807) is 17.0 Å². The molecule has 1 amide bonds. The zero-order valence-corrected chi connectivity index (χ0v) is 16.1. The van der Waals surface area contributed by atoms with Crippen LogP contribution in [-0.2, 0) is 4.79 Å². The Labute approximate surface area is 159 Å². The Morgan fingerprint density at radius 3 is 2.73 bits per heavy atom. The van der Waals surface area contributed by atoms with Gasteiger partial charge in [-0.2, -0.15) is 0 Å². The molecule has 144 valence electrons. The van der Waals surface area contributed by atoms with Crippen molar-refractivity contribution in [1.82, 2.24) is 4.90 Å². The Balaban J connectivity index is 2.22. The lowest BCUT2D eigenvalue weighted by atomic mass is 9.97. The second kappa shape index (κ2) is 9.67. The lowest BCUT2D eigenvalue weighted by Gasteiger charge is -2.31. The summed E-state index contributed by atoms with van der Waals surface area (Å²) in [5.74, 6) is -0.743. The molecule has 1 atom stereocenters. The number of ether oxygens (including phenoxy) is 2. The first-order chi connectivity index (χ1) is 12.5. The first-order valence-electron chi connectivity index (χ1n) is 9.09. The maximum absolute atomic E-state index is 12.8. The van der Waals surface area contributed by atoms with E-state index in [-0.39, 0.29) is 12.5 Å². The zero-order chi connectivity index (χ0) is 19.1. The fourth-order valence-electron chi connectivity index (χ4n) is 2.96. The number of hydrogen-bond acceptors (Lipinski definition) is 4. The molecule has 0 aromatic heterocycles. The summed E-state index contributed by atoms with van der Waals surface area (Å²) in [5.41, 5.74) is 0.382. The second-order valence-corrected chi connectivity index (χ2v) is 6.76. The number of nitrogens with zero attached hydrogens (tertiary/aromatic N) is 1. The fourth-order valence-corrected chi connectivity index (χ4v) is 3.22. The van der Waals surface area contributed by atoms with E-state index >= 15 is 0 Å². The van der Waals surface area contributed by atoms with Crippen LogP contribution in [0.25, 0.3) is 0 Å². The molecule has 1 aliphatic heterocycles. The summed E-state index contributed by atoms with van der Waals surface area (Å²) < 4.78 is 11.3. The van der Waals surface area contributed by atoms with Crippen molar-refractivity contribution in [2.45, 2.75) is 39.5 Å². The molecule has 1 N–H and O–H groups in total. The van der Waals surface area contributed by atoms with Crippen LogP contribution in [0.3, 0.4) is 0 Å². The van der Waals surface area contributed by atoms with Gasteiger partial charge in [-0.3, -0.25) is 9.59 Å². The maximum Gasteiger partial charge on any atom is 0.308 e.